The minimum Gasteiger partial charge on any atom is -0.465 e. The molecule has 1 aliphatic carbocycles. The molecule has 3 atom stereocenters. The Morgan fingerprint density at radius 3 is 2.69 bits per heavy atom. The minimum absolute atomic E-state index is 0.199. The highest BCUT2D eigenvalue weighted by Crippen LogP contribution is 2.36. The van der Waals surface area contributed by atoms with Gasteiger partial charge in [0.15, 0.2) is 0 Å². The van der Waals surface area contributed by atoms with Crippen LogP contribution in [0.3, 0.4) is 0 Å². The maximum absolute atomic E-state index is 10.7. The lowest BCUT2D eigenvalue weighted by Crippen LogP contribution is -2.32. The molecule has 13 heavy (non-hydrogen) atoms. The van der Waals surface area contributed by atoms with E-state index in [0.29, 0.717) is 19.0 Å². The maximum atomic E-state index is 10.7. The number of hydrogen-bond donors (Lipinski definition) is 2. The largest absolute Gasteiger partial charge is 0.465 e. The SMILES string of the molecule is O=C(O)N1CC2CCCC(O)C2C1. The monoisotopic (exact) mass is 185 g/mol. The van der Waals surface area contributed by atoms with Crippen molar-refractivity contribution in [1.29, 1.82) is 0 Å². The lowest BCUT2D eigenvalue weighted by Gasteiger charge is -2.28. The molecule has 0 spiro atoms. The van der Waals surface area contributed by atoms with Gasteiger partial charge >= 0.3 is 6.09 Å². The summed E-state index contributed by atoms with van der Waals surface area (Å²) in [4.78, 5) is 12.1. The van der Waals surface area contributed by atoms with Crippen LogP contribution in [-0.4, -0.2) is 40.4 Å². The third-order valence-electron chi connectivity index (χ3n) is 3.33. The van der Waals surface area contributed by atoms with Crippen LogP contribution in [0.5, 0.6) is 0 Å². The van der Waals surface area contributed by atoms with Crippen molar-refractivity contribution in [1.82, 2.24) is 4.90 Å². The second-order valence-electron chi connectivity index (χ2n) is 4.11. The summed E-state index contributed by atoms with van der Waals surface area (Å²) < 4.78 is 0. The Morgan fingerprint density at radius 2 is 2.08 bits per heavy atom. The normalized spacial score (nSPS) is 38.8. The summed E-state index contributed by atoms with van der Waals surface area (Å²) >= 11 is 0. The first-order valence-corrected chi connectivity index (χ1v) is 4.84. The molecule has 2 fully saturated rings. The van der Waals surface area contributed by atoms with E-state index >= 15 is 0 Å². The van der Waals surface area contributed by atoms with Crippen molar-refractivity contribution in [2.45, 2.75) is 25.4 Å². The highest BCUT2D eigenvalue weighted by Gasteiger charge is 2.40. The fraction of sp³-hybridized carbons (Fsp3) is 0.889. The molecule has 2 rings (SSSR count). The van der Waals surface area contributed by atoms with Gasteiger partial charge in [-0.1, -0.05) is 6.42 Å². The van der Waals surface area contributed by atoms with Gasteiger partial charge in [0.05, 0.1) is 6.10 Å². The average Bonchev–Trinajstić information content (AvgIpc) is 2.49. The van der Waals surface area contributed by atoms with Crippen LogP contribution >= 0.6 is 0 Å². The molecule has 74 valence electrons. The van der Waals surface area contributed by atoms with Crippen LogP contribution in [0.2, 0.25) is 0 Å². The third kappa shape index (κ3) is 1.50. The molecule has 2 N–H and O–H groups in total. The summed E-state index contributed by atoms with van der Waals surface area (Å²) in [6, 6.07) is 0. The predicted molar refractivity (Wildman–Crippen MR) is 46.4 cm³/mol. The van der Waals surface area contributed by atoms with E-state index in [-0.39, 0.29) is 12.0 Å². The zero-order valence-corrected chi connectivity index (χ0v) is 7.52. The number of hydrogen-bond acceptors (Lipinski definition) is 2. The fourth-order valence-corrected chi connectivity index (χ4v) is 2.60. The molecule has 4 heteroatoms. The van der Waals surface area contributed by atoms with Crippen molar-refractivity contribution in [3.63, 3.8) is 0 Å². The van der Waals surface area contributed by atoms with E-state index in [2.05, 4.69) is 0 Å². The summed E-state index contributed by atoms with van der Waals surface area (Å²) in [5.74, 6) is 0.602. The van der Waals surface area contributed by atoms with Crippen molar-refractivity contribution in [3.8, 4) is 0 Å². The molecule has 0 aromatic heterocycles. The quantitative estimate of drug-likeness (QED) is 0.585. The molecule has 0 bridgehead atoms. The van der Waals surface area contributed by atoms with E-state index in [1.54, 1.807) is 0 Å². The third-order valence-corrected chi connectivity index (χ3v) is 3.33. The Kier molecular flexibility index (Phi) is 2.15. The Morgan fingerprint density at radius 1 is 1.31 bits per heavy atom. The molecule has 0 aromatic carbocycles. The number of nitrogens with zero attached hydrogens (tertiary/aromatic N) is 1. The molecule has 3 unspecified atom stereocenters. The van der Waals surface area contributed by atoms with Gasteiger partial charge in [-0.25, -0.2) is 4.79 Å². The average molecular weight is 185 g/mol. The van der Waals surface area contributed by atoms with Crippen molar-refractivity contribution in [2.75, 3.05) is 13.1 Å². The number of amides is 1. The standard InChI is InChI=1S/C9H15NO3/c11-8-3-1-2-6-4-10(9(12)13)5-7(6)8/h6-8,11H,1-5H2,(H,12,13). The zero-order chi connectivity index (χ0) is 9.42. The highest BCUT2D eigenvalue weighted by molar-refractivity contribution is 5.65. The predicted octanol–water partition coefficient (Wildman–Crippen LogP) is 0.757. The van der Waals surface area contributed by atoms with Gasteiger partial charge < -0.3 is 15.1 Å². The van der Waals surface area contributed by atoms with Crippen LogP contribution in [0, 0.1) is 11.8 Å². The first-order valence-electron chi connectivity index (χ1n) is 4.84. The number of likely N-dealkylation sites (tertiary alicyclic amines) is 1. The molecule has 4 nitrogen and oxygen atoms in total. The molecule has 1 saturated carbocycles. The van der Waals surface area contributed by atoms with Gasteiger partial charge in [-0.05, 0) is 18.8 Å². The van der Waals surface area contributed by atoms with Crippen molar-refractivity contribution < 1.29 is 15.0 Å². The van der Waals surface area contributed by atoms with Crippen LogP contribution in [0.15, 0.2) is 0 Å². The number of rotatable bonds is 0. The van der Waals surface area contributed by atoms with E-state index in [4.69, 9.17) is 5.11 Å². The van der Waals surface area contributed by atoms with E-state index < -0.39 is 6.09 Å². The first-order chi connectivity index (χ1) is 6.18. The van der Waals surface area contributed by atoms with Crippen LogP contribution < -0.4 is 0 Å². The molecule has 1 amide bonds. The molecule has 1 aliphatic heterocycles. The summed E-state index contributed by atoms with van der Waals surface area (Å²) in [6.07, 6.45) is 1.83. The summed E-state index contributed by atoms with van der Waals surface area (Å²) in [7, 11) is 0. The summed E-state index contributed by atoms with van der Waals surface area (Å²) in [6.45, 7) is 1.15. The van der Waals surface area contributed by atoms with Crippen molar-refractivity contribution in [3.05, 3.63) is 0 Å². The minimum atomic E-state index is -0.846. The smallest absolute Gasteiger partial charge is 0.407 e. The molecule has 2 aliphatic rings. The number of aliphatic hydroxyl groups is 1. The molecular weight excluding hydrogens is 170 g/mol. The highest BCUT2D eigenvalue weighted by atomic mass is 16.4. The number of fused-ring (bicyclic) bond motifs is 1. The molecule has 1 heterocycles. The topological polar surface area (TPSA) is 60.8 Å². The van der Waals surface area contributed by atoms with Gasteiger partial charge in [-0.3, -0.25) is 0 Å². The van der Waals surface area contributed by atoms with E-state index in [1.807, 2.05) is 0 Å². The summed E-state index contributed by atoms with van der Waals surface area (Å²) in [5.41, 5.74) is 0. The molecule has 1 saturated heterocycles. The van der Waals surface area contributed by atoms with Crippen LogP contribution in [0.4, 0.5) is 4.79 Å². The molecule has 0 aromatic rings. The van der Waals surface area contributed by atoms with Crippen LogP contribution in [0.25, 0.3) is 0 Å². The van der Waals surface area contributed by atoms with Gasteiger partial charge in [0.25, 0.3) is 0 Å². The number of aliphatic hydroxyl groups excluding tert-OH is 1. The van der Waals surface area contributed by atoms with Gasteiger partial charge in [-0.2, -0.15) is 0 Å². The van der Waals surface area contributed by atoms with E-state index in [9.17, 15) is 9.90 Å². The maximum Gasteiger partial charge on any atom is 0.407 e. The van der Waals surface area contributed by atoms with Gasteiger partial charge in [-0.15, -0.1) is 0 Å². The first kappa shape index (κ1) is 8.81. The molecular formula is C9H15NO3. The lowest BCUT2D eigenvalue weighted by molar-refractivity contribution is 0.0549. The number of carboxylic acid groups (broad SMARTS) is 1. The summed E-state index contributed by atoms with van der Waals surface area (Å²) in [5, 5.41) is 18.5. The second kappa shape index (κ2) is 3.18. The number of carbonyl (C=O) groups is 1. The van der Waals surface area contributed by atoms with E-state index in [0.717, 1.165) is 19.3 Å². The molecule has 0 radical (unpaired) electrons. The van der Waals surface area contributed by atoms with E-state index in [1.165, 1.54) is 4.90 Å². The van der Waals surface area contributed by atoms with Gasteiger partial charge in [0, 0.05) is 19.0 Å². The van der Waals surface area contributed by atoms with Crippen LogP contribution in [-0.2, 0) is 0 Å². The zero-order valence-electron chi connectivity index (χ0n) is 7.52. The van der Waals surface area contributed by atoms with Crippen LogP contribution in [0.1, 0.15) is 19.3 Å². The fourth-order valence-electron chi connectivity index (χ4n) is 2.60. The Bertz CT molecular complexity index is 219. The lowest BCUT2D eigenvalue weighted by atomic mass is 9.80. The van der Waals surface area contributed by atoms with Crippen molar-refractivity contribution >= 4 is 6.09 Å². The van der Waals surface area contributed by atoms with Gasteiger partial charge in [0.2, 0.25) is 0 Å². The second-order valence-corrected chi connectivity index (χ2v) is 4.11. The van der Waals surface area contributed by atoms with Gasteiger partial charge in [0.1, 0.15) is 0 Å². The Labute approximate surface area is 77.2 Å². The van der Waals surface area contributed by atoms with Crippen molar-refractivity contribution in [2.24, 2.45) is 11.8 Å². The Hall–Kier alpha value is -0.770. The Balaban J connectivity index is 2.04.